The highest BCUT2D eigenvalue weighted by Crippen LogP contribution is 2.43. The lowest BCUT2D eigenvalue weighted by Crippen LogP contribution is -2.50. The van der Waals surface area contributed by atoms with Gasteiger partial charge in [0, 0.05) is 12.4 Å². The van der Waals surface area contributed by atoms with Crippen LogP contribution in [0.1, 0.15) is 40.1 Å². The van der Waals surface area contributed by atoms with Crippen LogP contribution in [0.15, 0.2) is 48.9 Å². The summed E-state index contributed by atoms with van der Waals surface area (Å²) in [5.41, 5.74) is -1.03. The van der Waals surface area contributed by atoms with Crippen molar-refractivity contribution in [2.45, 2.75) is 31.0 Å². The number of alkyl halides is 3. The van der Waals surface area contributed by atoms with E-state index in [1.54, 1.807) is 24.5 Å². The van der Waals surface area contributed by atoms with Crippen LogP contribution in [-0.2, 0) is 11.7 Å². The molecule has 1 aliphatic rings. The monoisotopic (exact) mass is 404 g/mol. The number of thiazole rings is 1. The summed E-state index contributed by atoms with van der Waals surface area (Å²) in [6, 6.07) is 6.84. The van der Waals surface area contributed by atoms with Crippen LogP contribution in [0.2, 0.25) is 0 Å². The van der Waals surface area contributed by atoms with E-state index in [2.05, 4.69) is 20.3 Å². The molecule has 144 valence electrons. The molecule has 1 amide bonds. The number of amides is 1. The molecule has 0 radical (unpaired) electrons. The highest BCUT2D eigenvalue weighted by atomic mass is 32.1. The van der Waals surface area contributed by atoms with Gasteiger partial charge >= 0.3 is 6.18 Å². The molecule has 4 rings (SSSR count). The van der Waals surface area contributed by atoms with Crippen LogP contribution in [0.25, 0.3) is 10.8 Å². The van der Waals surface area contributed by atoms with E-state index >= 15 is 0 Å². The third-order valence-electron chi connectivity index (χ3n) is 4.79. The second-order valence-electron chi connectivity index (χ2n) is 6.57. The summed E-state index contributed by atoms with van der Waals surface area (Å²) in [6.07, 6.45) is 2.20. The van der Waals surface area contributed by atoms with Crippen LogP contribution >= 0.6 is 11.3 Å². The molecule has 5 nitrogen and oxygen atoms in total. The summed E-state index contributed by atoms with van der Waals surface area (Å²) in [7, 11) is 0. The molecule has 1 N–H and O–H groups in total. The zero-order valence-corrected chi connectivity index (χ0v) is 15.3. The Bertz CT molecular complexity index is 1000. The van der Waals surface area contributed by atoms with Gasteiger partial charge in [-0.1, -0.05) is 12.1 Å². The van der Waals surface area contributed by atoms with Gasteiger partial charge in [0.1, 0.15) is 4.88 Å². The van der Waals surface area contributed by atoms with Crippen molar-refractivity contribution in [1.82, 2.24) is 20.3 Å². The fourth-order valence-electron chi connectivity index (χ4n) is 3.18. The highest BCUT2D eigenvalue weighted by molar-refractivity contribution is 7.16. The molecule has 0 saturated heterocycles. The van der Waals surface area contributed by atoms with Crippen molar-refractivity contribution in [3.05, 3.63) is 64.9 Å². The summed E-state index contributed by atoms with van der Waals surface area (Å²) in [4.78, 5) is 25.5. The summed E-state index contributed by atoms with van der Waals surface area (Å²) >= 11 is 1.14. The van der Waals surface area contributed by atoms with Gasteiger partial charge in [0.2, 0.25) is 0 Å². The molecule has 0 atom stereocenters. The van der Waals surface area contributed by atoms with E-state index in [1.807, 2.05) is 0 Å². The van der Waals surface area contributed by atoms with Crippen LogP contribution in [0.3, 0.4) is 0 Å². The first-order valence-electron chi connectivity index (χ1n) is 8.61. The third-order valence-corrected chi connectivity index (χ3v) is 5.78. The van der Waals surface area contributed by atoms with Crippen molar-refractivity contribution in [2.75, 3.05) is 0 Å². The van der Waals surface area contributed by atoms with Crippen molar-refractivity contribution in [3.8, 4) is 10.8 Å². The van der Waals surface area contributed by atoms with Crippen molar-refractivity contribution in [1.29, 1.82) is 0 Å². The summed E-state index contributed by atoms with van der Waals surface area (Å²) in [5.74, 6) is 0.0552. The van der Waals surface area contributed by atoms with Crippen LogP contribution in [0, 0.1) is 0 Å². The molecule has 0 bridgehead atoms. The molecule has 1 aromatic carbocycles. The lowest BCUT2D eigenvalue weighted by molar-refractivity contribution is -0.137. The third kappa shape index (κ3) is 3.49. The Morgan fingerprint density at radius 3 is 2.50 bits per heavy atom. The summed E-state index contributed by atoms with van der Waals surface area (Å²) in [6.45, 7) is 0. The molecule has 9 heteroatoms. The van der Waals surface area contributed by atoms with Gasteiger partial charge in [0.15, 0.2) is 10.8 Å². The average Bonchev–Trinajstić information content (AvgIpc) is 3.15. The first-order chi connectivity index (χ1) is 13.4. The lowest BCUT2D eigenvalue weighted by atomic mass is 9.71. The topological polar surface area (TPSA) is 67.8 Å². The number of rotatable bonds is 4. The van der Waals surface area contributed by atoms with Gasteiger partial charge in [-0.15, -0.1) is 11.3 Å². The Hall–Kier alpha value is -2.81. The van der Waals surface area contributed by atoms with E-state index in [-0.39, 0.29) is 5.91 Å². The maximum atomic E-state index is 13.1. The molecule has 0 aliphatic heterocycles. The fraction of sp³-hybridized carbons (Fsp3) is 0.263. The predicted molar refractivity (Wildman–Crippen MR) is 97.6 cm³/mol. The van der Waals surface area contributed by atoms with E-state index in [0.29, 0.717) is 34.1 Å². The van der Waals surface area contributed by atoms with Crippen LogP contribution < -0.4 is 5.32 Å². The first-order valence-corrected chi connectivity index (χ1v) is 9.43. The quantitative estimate of drug-likeness (QED) is 0.699. The number of hydrogen-bond acceptors (Lipinski definition) is 5. The van der Waals surface area contributed by atoms with E-state index in [0.717, 1.165) is 29.9 Å². The Balaban J connectivity index is 1.57. The lowest BCUT2D eigenvalue weighted by Gasteiger charge is -2.43. The minimum absolute atomic E-state index is 0.362. The molecule has 2 heterocycles. The number of aromatic nitrogens is 3. The standard InChI is InChI=1S/C19H15F3N4OS/c20-19(21,22)13-5-1-4-12(10-13)18(6-2-7-18)26-16(27)14-11-25-17(28-14)15-23-8-3-9-24-15/h1,3-5,8-11H,2,6-7H2,(H,26,27). The normalized spacial score (nSPS) is 15.7. The fourth-order valence-corrected chi connectivity index (χ4v) is 3.94. The second-order valence-corrected chi connectivity index (χ2v) is 7.60. The minimum Gasteiger partial charge on any atom is -0.342 e. The maximum Gasteiger partial charge on any atom is 0.416 e. The van der Waals surface area contributed by atoms with Gasteiger partial charge in [0.25, 0.3) is 5.91 Å². The highest BCUT2D eigenvalue weighted by Gasteiger charge is 2.42. The number of benzene rings is 1. The maximum absolute atomic E-state index is 13.1. The smallest absolute Gasteiger partial charge is 0.342 e. The number of halogens is 3. The first kappa shape index (κ1) is 18.5. The average molecular weight is 404 g/mol. The number of nitrogens with zero attached hydrogens (tertiary/aromatic N) is 3. The zero-order valence-electron chi connectivity index (χ0n) is 14.5. The van der Waals surface area contributed by atoms with E-state index in [9.17, 15) is 18.0 Å². The molecule has 0 unspecified atom stereocenters. The largest absolute Gasteiger partial charge is 0.416 e. The van der Waals surface area contributed by atoms with E-state index < -0.39 is 17.3 Å². The number of carbonyl (C=O) groups is 1. The number of carbonyl (C=O) groups excluding carboxylic acids is 1. The molecular formula is C19H15F3N4OS. The van der Waals surface area contributed by atoms with Gasteiger partial charge in [-0.25, -0.2) is 15.0 Å². The van der Waals surface area contributed by atoms with Gasteiger partial charge in [-0.3, -0.25) is 4.79 Å². The van der Waals surface area contributed by atoms with Gasteiger partial charge in [-0.05, 0) is 43.0 Å². The molecule has 3 aromatic rings. The Labute approximate surface area is 162 Å². The molecule has 0 spiro atoms. The van der Waals surface area contributed by atoms with E-state index in [4.69, 9.17) is 0 Å². The van der Waals surface area contributed by atoms with Crippen LogP contribution in [-0.4, -0.2) is 20.9 Å². The predicted octanol–water partition coefficient (Wildman–Crippen LogP) is 4.43. The van der Waals surface area contributed by atoms with Gasteiger partial charge < -0.3 is 5.32 Å². The summed E-state index contributed by atoms with van der Waals surface area (Å²) < 4.78 is 39.2. The molecular weight excluding hydrogens is 389 g/mol. The summed E-state index contributed by atoms with van der Waals surface area (Å²) in [5, 5.41) is 3.44. The van der Waals surface area contributed by atoms with Crippen LogP contribution in [0.4, 0.5) is 13.2 Å². The Morgan fingerprint density at radius 2 is 1.86 bits per heavy atom. The van der Waals surface area contributed by atoms with Gasteiger partial charge in [0.05, 0.1) is 17.3 Å². The van der Waals surface area contributed by atoms with Gasteiger partial charge in [-0.2, -0.15) is 13.2 Å². The molecule has 2 aromatic heterocycles. The van der Waals surface area contributed by atoms with Crippen molar-refractivity contribution in [2.24, 2.45) is 0 Å². The molecule has 28 heavy (non-hydrogen) atoms. The molecule has 1 fully saturated rings. The number of nitrogens with one attached hydrogen (secondary N) is 1. The Kier molecular flexibility index (Phi) is 4.62. The van der Waals surface area contributed by atoms with Crippen molar-refractivity contribution < 1.29 is 18.0 Å². The van der Waals surface area contributed by atoms with Crippen LogP contribution in [0.5, 0.6) is 0 Å². The molecule has 1 saturated carbocycles. The minimum atomic E-state index is -4.42. The van der Waals surface area contributed by atoms with E-state index in [1.165, 1.54) is 12.3 Å². The zero-order chi connectivity index (χ0) is 19.8. The van der Waals surface area contributed by atoms with Crippen molar-refractivity contribution in [3.63, 3.8) is 0 Å². The van der Waals surface area contributed by atoms with Crippen molar-refractivity contribution >= 4 is 17.2 Å². The SMILES string of the molecule is O=C(NC1(c2cccc(C(F)(F)F)c2)CCC1)c1cnc(-c2ncccn2)s1. The second kappa shape index (κ2) is 6.97. The Morgan fingerprint density at radius 1 is 1.11 bits per heavy atom. The molecule has 1 aliphatic carbocycles. The number of hydrogen-bond donors (Lipinski definition) is 1.